The summed E-state index contributed by atoms with van der Waals surface area (Å²) in [7, 11) is 1.67. The van der Waals surface area contributed by atoms with Gasteiger partial charge >= 0.3 is 0 Å². The van der Waals surface area contributed by atoms with Gasteiger partial charge < -0.3 is 16.4 Å². The van der Waals surface area contributed by atoms with E-state index in [0.717, 1.165) is 11.1 Å². The van der Waals surface area contributed by atoms with Crippen molar-refractivity contribution in [1.82, 2.24) is 10.6 Å². The predicted octanol–water partition coefficient (Wildman–Crippen LogP) is 3.84. The van der Waals surface area contributed by atoms with E-state index in [-0.39, 0.29) is 35.2 Å². The first-order valence-corrected chi connectivity index (χ1v) is 8.89. The highest BCUT2D eigenvalue weighted by Gasteiger charge is 2.24. The van der Waals surface area contributed by atoms with E-state index in [1.54, 1.807) is 31.3 Å². The summed E-state index contributed by atoms with van der Waals surface area (Å²) in [6.45, 7) is 5.06. The summed E-state index contributed by atoms with van der Waals surface area (Å²) in [5, 5.41) is 6.84. The van der Waals surface area contributed by atoms with Crippen LogP contribution in [0.5, 0.6) is 0 Å². The average molecular weight is 519 g/mol. The number of nitrogens with zero attached hydrogens (tertiary/aromatic N) is 1. The van der Waals surface area contributed by atoms with Crippen molar-refractivity contribution in [2.75, 3.05) is 13.6 Å². The molecule has 2 rings (SSSR count). The minimum absolute atomic E-state index is 0. The Balaban J connectivity index is 0.00000392. The summed E-state index contributed by atoms with van der Waals surface area (Å²) in [6.07, 6.45) is 0. The molecule has 0 spiro atoms. The fourth-order valence-corrected chi connectivity index (χ4v) is 3.10. The van der Waals surface area contributed by atoms with Crippen LogP contribution in [0.25, 0.3) is 0 Å². The minimum Gasteiger partial charge on any atom is -0.366 e. The van der Waals surface area contributed by atoms with Gasteiger partial charge in [-0.3, -0.25) is 9.79 Å². The number of guanidine groups is 1. The van der Waals surface area contributed by atoms with Crippen molar-refractivity contribution in [2.45, 2.75) is 25.8 Å². The Morgan fingerprint density at radius 3 is 2.54 bits per heavy atom. The van der Waals surface area contributed by atoms with Gasteiger partial charge in [-0.2, -0.15) is 0 Å². The smallest absolute Gasteiger partial charge is 0.248 e. The van der Waals surface area contributed by atoms with Crippen LogP contribution < -0.4 is 16.4 Å². The molecule has 0 fully saturated rings. The number of benzene rings is 2. The van der Waals surface area contributed by atoms with Gasteiger partial charge in [0.15, 0.2) is 5.96 Å². The van der Waals surface area contributed by atoms with E-state index in [1.807, 2.05) is 19.9 Å². The molecule has 0 saturated carbocycles. The first-order valence-electron chi connectivity index (χ1n) is 8.52. The van der Waals surface area contributed by atoms with Crippen LogP contribution in [0.1, 0.15) is 35.3 Å². The molecular formula is C20H25ClFIN4O. The normalized spacial score (nSPS) is 11.5. The second kappa shape index (κ2) is 10.6. The molecule has 0 aliphatic rings. The third-order valence-electron chi connectivity index (χ3n) is 4.25. The van der Waals surface area contributed by atoms with Crippen molar-refractivity contribution in [3.63, 3.8) is 0 Å². The Labute approximate surface area is 187 Å². The van der Waals surface area contributed by atoms with Crippen molar-refractivity contribution in [1.29, 1.82) is 0 Å². The van der Waals surface area contributed by atoms with Crippen LogP contribution in [-0.4, -0.2) is 25.5 Å². The maximum absolute atomic E-state index is 13.3. The number of primary amides is 1. The fraction of sp³-hybridized carbons (Fsp3) is 0.300. The first-order chi connectivity index (χ1) is 12.7. The molecule has 8 heteroatoms. The number of aliphatic imine (C=N–C) groups is 1. The second-order valence-electron chi connectivity index (χ2n) is 6.85. The van der Waals surface area contributed by atoms with E-state index in [9.17, 15) is 9.18 Å². The highest BCUT2D eigenvalue weighted by Crippen LogP contribution is 2.29. The van der Waals surface area contributed by atoms with Crippen LogP contribution in [0.4, 0.5) is 4.39 Å². The first kappa shape index (κ1) is 24.2. The van der Waals surface area contributed by atoms with E-state index in [0.29, 0.717) is 29.6 Å². The highest BCUT2D eigenvalue weighted by atomic mass is 127. The van der Waals surface area contributed by atoms with Crippen LogP contribution in [0.2, 0.25) is 5.02 Å². The Morgan fingerprint density at radius 1 is 1.21 bits per heavy atom. The van der Waals surface area contributed by atoms with Crippen LogP contribution >= 0.6 is 35.6 Å². The molecule has 1 amide bonds. The molecule has 0 aliphatic carbocycles. The Morgan fingerprint density at radius 2 is 1.93 bits per heavy atom. The monoisotopic (exact) mass is 518 g/mol. The molecule has 0 aliphatic heterocycles. The van der Waals surface area contributed by atoms with Crippen LogP contribution in [0.3, 0.4) is 0 Å². The Hall–Kier alpha value is -1.87. The molecule has 4 N–H and O–H groups in total. The lowest BCUT2D eigenvalue weighted by Gasteiger charge is -2.27. The van der Waals surface area contributed by atoms with E-state index < -0.39 is 5.91 Å². The molecule has 28 heavy (non-hydrogen) atoms. The van der Waals surface area contributed by atoms with Crippen molar-refractivity contribution in [2.24, 2.45) is 10.7 Å². The molecule has 0 aromatic heterocycles. The molecule has 0 unspecified atom stereocenters. The zero-order valence-corrected chi connectivity index (χ0v) is 19.1. The molecular weight excluding hydrogens is 494 g/mol. The SMILES string of the molecule is CN=C(NCc1cccc(C(N)=O)c1)NCC(C)(C)c1ccc(F)cc1Cl.I. The van der Waals surface area contributed by atoms with Crippen molar-refractivity contribution < 1.29 is 9.18 Å². The van der Waals surface area contributed by atoms with Crippen LogP contribution in [-0.2, 0) is 12.0 Å². The number of nitrogens with one attached hydrogen (secondary N) is 2. The maximum Gasteiger partial charge on any atom is 0.248 e. The fourth-order valence-electron chi connectivity index (χ4n) is 2.68. The molecule has 5 nitrogen and oxygen atoms in total. The van der Waals surface area contributed by atoms with Gasteiger partial charge in [-0.1, -0.05) is 43.6 Å². The standard InChI is InChI=1S/C20H24ClFN4O.HI/c1-20(2,16-8-7-15(22)10-17(16)21)12-26-19(24-3)25-11-13-5-4-6-14(9-13)18(23)27;/h4-10H,11-12H2,1-3H3,(H2,23,27)(H2,24,25,26);1H. The Kier molecular flexibility index (Phi) is 9.16. The predicted molar refractivity (Wildman–Crippen MR) is 123 cm³/mol. The number of carbonyl (C=O) groups excluding carboxylic acids is 1. The van der Waals surface area contributed by atoms with E-state index in [2.05, 4.69) is 15.6 Å². The van der Waals surface area contributed by atoms with Crippen molar-refractivity contribution >= 4 is 47.4 Å². The number of amides is 1. The van der Waals surface area contributed by atoms with E-state index in [1.165, 1.54) is 12.1 Å². The van der Waals surface area contributed by atoms with Gasteiger partial charge in [0.2, 0.25) is 5.91 Å². The number of hydrogen-bond acceptors (Lipinski definition) is 2. The van der Waals surface area contributed by atoms with Gasteiger partial charge in [0.1, 0.15) is 5.82 Å². The number of halogens is 3. The van der Waals surface area contributed by atoms with E-state index >= 15 is 0 Å². The van der Waals surface area contributed by atoms with Gasteiger partial charge in [-0.05, 0) is 35.4 Å². The molecule has 152 valence electrons. The van der Waals surface area contributed by atoms with Gasteiger partial charge in [-0.25, -0.2) is 4.39 Å². The number of carbonyl (C=O) groups is 1. The van der Waals surface area contributed by atoms with Crippen LogP contribution in [0.15, 0.2) is 47.5 Å². The lowest BCUT2D eigenvalue weighted by Crippen LogP contribution is -2.43. The van der Waals surface area contributed by atoms with Gasteiger partial charge in [-0.15, -0.1) is 24.0 Å². The zero-order chi connectivity index (χ0) is 20.0. The van der Waals surface area contributed by atoms with Crippen molar-refractivity contribution in [3.05, 3.63) is 70.0 Å². The number of nitrogens with two attached hydrogens (primary N) is 1. The molecule has 0 radical (unpaired) electrons. The third-order valence-corrected chi connectivity index (χ3v) is 4.57. The summed E-state index contributed by atoms with van der Waals surface area (Å²) in [5.74, 6) is -0.216. The lowest BCUT2D eigenvalue weighted by molar-refractivity contribution is 0.1000. The summed E-state index contributed by atoms with van der Waals surface area (Å²) in [6, 6.07) is 11.5. The lowest BCUT2D eigenvalue weighted by atomic mass is 9.84. The molecule has 0 saturated heterocycles. The summed E-state index contributed by atoms with van der Waals surface area (Å²) < 4.78 is 13.3. The zero-order valence-electron chi connectivity index (χ0n) is 16.1. The topological polar surface area (TPSA) is 79.5 Å². The maximum atomic E-state index is 13.3. The van der Waals surface area contributed by atoms with Gasteiger partial charge in [0, 0.05) is 36.1 Å². The molecule has 2 aromatic rings. The summed E-state index contributed by atoms with van der Waals surface area (Å²) in [5.41, 5.74) is 7.19. The Bertz CT molecular complexity index is 858. The number of hydrogen-bond donors (Lipinski definition) is 3. The summed E-state index contributed by atoms with van der Waals surface area (Å²) in [4.78, 5) is 15.5. The van der Waals surface area contributed by atoms with Crippen LogP contribution in [0, 0.1) is 5.82 Å². The molecule has 0 atom stereocenters. The largest absolute Gasteiger partial charge is 0.366 e. The molecule has 0 heterocycles. The minimum atomic E-state index is -0.461. The molecule has 0 bridgehead atoms. The highest BCUT2D eigenvalue weighted by molar-refractivity contribution is 14.0. The van der Waals surface area contributed by atoms with Gasteiger partial charge in [0.25, 0.3) is 0 Å². The van der Waals surface area contributed by atoms with E-state index in [4.69, 9.17) is 17.3 Å². The second-order valence-corrected chi connectivity index (χ2v) is 7.26. The third kappa shape index (κ3) is 6.63. The average Bonchev–Trinajstić information content (AvgIpc) is 2.61. The summed E-state index contributed by atoms with van der Waals surface area (Å²) >= 11 is 6.19. The molecule has 2 aromatic carbocycles. The van der Waals surface area contributed by atoms with Crippen molar-refractivity contribution in [3.8, 4) is 0 Å². The number of rotatable bonds is 6. The quantitative estimate of drug-likeness (QED) is 0.309. The van der Waals surface area contributed by atoms with Gasteiger partial charge in [0.05, 0.1) is 0 Å².